The average molecular weight is 253 g/mol. The fourth-order valence-electron chi connectivity index (χ4n) is 1.91. The predicted molar refractivity (Wildman–Crippen MR) is 63.0 cm³/mol. The first-order valence-corrected chi connectivity index (χ1v) is 6.02. The summed E-state index contributed by atoms with van der Waals surface area (Å²) in [6.07, 6.45) is 6.70. The first kappa shape index (κ1) is 12.7. The topological polar surface area (TPSA) is 84.2 Å². The number of rotatable bonds is 7. The maximum absolute atomic E-state index is 10.7. The highest BCUT2D eigenvalue weighted by molar-refractivity contribution is 5.08. The summed E-state index contributed by atoms with van der Waals surface area (Å²) in [7, 11) is 0. The van der Waals surface area contributed by atoms with E-state index in [0.717, 1.165) is 25.9 Å². The van der Waals surface area contributed by atoms with Crippen LogP contribution in [-0.4, -0.2) is 24.2 Å². The van der Waals surface area contributed by atoms with Gasteiger partial charge < -0.3 is 0 Å². The number of nitro groups is 1. The van der Waals surface area contributed by atoms with Crippen LogP contribution in [-0.2, 0) is 6.54 Å². The lowest BCUT2D eigenvalue weighted by molar-refractivity contribution is -0.864. The average Bonchev–Trinajstić information content (AvgIpc) is 2.98. The quantitative estimate of drug-likeness (QED) is 0.310. The van der Waals surface area contributed by atoms with Gasteiger partial charge in [0.05, 0.1) is 4.92 Å². The molecule has 2 heterocycles. The first-order valence-electron chi connectivity index (χ1n) is 6.02. The molecule has 1 aromatic heterocycles. The lowest BCUT2D eigenvalue weighted by atomic mass is 10.3. The van der Waals surface area contributed by atoms with Gasteiger partial charge in [0, 0.05) is 25.1 Å². The van der Waals surface area contributed by atoms with E-state index in [-0.39, 0.29) is 16.8 Å². The molecular formula is C11H17N4O3+. The molecule has 1 aromatic rings. The van der Waals surface area contributed by atoms with Crippen LogP contribution in [0.1, 0.15) is 12.8 Å². The van der Waals surface area contributed by atoms with Crippen LogP contribution in [0.25, 0.3) is 0 Å². The zero-order valence-electron chi connectivity index (χ0n) is 10.0. The zero-order chi connectivity index (χ0) is 12.8. The van der Waals surface area contributed by atoms with E-state index in [9.17, 15) is 10.1 Å². The Kier molecular flexibility index (Phi) is 4.43. The molecule has 2 N–H and O–H groups in total. The van der Waals surface area contributed by atoms with Crippen molar-refractivity contribution >= 4 is 0 Å². The van der Waals surface area contributed by atoms with Crippen molar-refractivity contribution in [3.05, 3.63) is 40.4 Å². The SMILES string of the molecule is O=[N+]([O-])C1=CCNC1NCCCC[n+]1ccco1. The second-order valence-electron chi connectivity index (χ2n) is 4.11. The number of nitrogens with zero attached hydrogens (tertiary/aromatic N) is 2. The van der Waals surface area contributed by atoms with Gasteiger partial charge in [0.1, 0.15) is 0 Å². The van der Waals surface area contributed by atoms with E-state index in [4.69, 9.17) is 4.52 Å². The largest absolute Gasteiger partial charge is 0.293 e. The van der Waals surface area contributed by atoms with Crippen LogP contribution < -0.4 is 15.4 Å². The summed E-state index contributed by atoms with van der Waals surface area (Å²) in [6, 6.07) is 1.84. The summed E-state index contributed by atoms with van der Waals surface area (Å²) < 4.78 is 6.91. The maximum Gasteiger partial charge on any atom is 0.274 e. The summed E-state index contributed by atoms with van der Waals surface area (Å²) in [5.41, 5.74) is 0.218. The Morgan fingerprint density at radius 1 is 1.61 bits per heavy atom. The van der Waals surface area contributed by atoms with Crippen molar-refractivity contribution in [3.8, 4) is 0 Å². The normalized spacial score (nSPS) is 18.9. The van der Waals surface area contributed by atoms with Gasteiger partial charge in [-0.2, -0.15) is 0 Å². The second-order valence-corrected chi connectivity index (χ2v) is 4.11. The summed E-state index contributed by atoms with van der Waals surface area (Å²) in [5.74, 6) is 0. The molecule has 7 heteroatoms. The minimum Gasteiger partial charge on any atom is -0.293 e. The number of hydrogen-bond donors (Lipinski definition) is 2. The molecule has 2 rings (SSSR count). The molecule has 0 radical (unpaired) electrons. The predicted octanol–water partition coefficient (Wildman–Crippen LogP) is 0.0268. The molecule has 0 fully saturated rings. The molecule has 7 nitrogen and oxygen atoms in total. The van der Waals surface area contributed by atoms with E-state index in [1.54, 1.807) is 17.1 Å². The van der Waals surface area contributed by atoms with E-state index in [0.29, 0.717) is 6.54 Å². The van der Waals surface area contributed by atoms with Crippen molar-refractivity contribution in [2.24, 2.45) is 0 Å². The number of unbranched alkanes of at least 4 members (excludes halogenated alkanes) is 1. The molecule has 0 aliphatic carbocycles. The van der Waals surface area contributed by atoms with Gasteiger partial charge in [0.25, 0.3) is 5.70 Å². The van der Waals surface area contributed by atoms with Crippen molar-refractivity contribution < 1.29 is 14.2 Å². The van der Waals surface area contributed by atoms with Crippen molar-refractivity contribution in [2.75, 3.05) is 13.1 Å². The molecular weight excluding hydrogens is 236 g/mol. The minimum absolute atomic E-state index is 0.218. The van der Waals surface area contributed by atoms with Crippen LogP contribution in [0.2, 0.25) is 0 Å². The van der Waals surface area contributed by atoms with Gasteiger partial charge >= 0.3 is 0 Å². The van der Waals surface area contributed by atoms with Crippen molar-refractivity contribution in [3.63, 3.8) is 0 Å². The Bertz CT molecular complexity index is 416. The Balaban J connectivity index is 1.61. The summed E-state index contributed by atoms with van der Waals surface area (Å²) in [5, 5.41) is 16.9. The second kappa shape index (κ2) is 6.27. The highest BCUT2D eigenvalue weighted by atomic mass is 16.6. The Labute approximate surface area is 105 Å². The molecule has 0 saturated carbocycles. The molecule has 1 unspecified atom stereocenters. The third-order valence-electron chi connectivity index (χ3n) is 2.82. The van der Waals surface area contributed by atoms with Crippen LogP contribution >= 0.6 is 0 Å². The van der Waals surface area contributed by atoms with E-state index < -0.39 is 0 Å². The Morgan fingerprint density at radius 2 is 2.50 bits per heavy atom. The maximum atomic E-state index is 10.7. The lowest BCUT2D eigenvalue weighted by Crippen LogP contribution is -2.42. The molecule has 1 aliphatic rings. The smallest absolute Gasteiger partial charge is 0.274 e. The van der Waals surface area contributed by atoms with Crippen LogP contribution in [0, 0.1) is 10.1 Å². The first-order chi connectivity index (χ1) is 8.77. The van der Waals surface area contributed by atoms with Crippen LogP contribution in [0.5, 0.6) is 0 Å². The molecule has 0 bridgehead atoms. The molecule has 18 heavy (non-hydrogen) atoms. The summed E-state index contributed by atoms with van der Waals surface area (Å²) >= 11 is 0. The van der Waals surface area contributed by atoms with Gasteiger partial charge in [-0.15, -0.1) is 0 Å². The molecule has 0 aromatic carbocycles. The third kappa shape index (κ3) is 3.38. The highest BCUT2D eigenvalue weighted by Crippen LogP contribution is 2.06. The van der Waals surface area contributed by atoms with Gasteiger partial charge in [-0.3, -0.25) is 20.7 Å². The van der Waals surface area contributed by atoms with Crippen molar-refractivity contribution in [1.82, 2.24) is 10.6 Å². The van der Waals surface area contributed by atoms with Crippen LogP contribution in [0.3, 0.4) is 0 Å². The van der Waals surface area contributed by atoms with E-state index in [1.807, 2.05) is 12.3 Å². The minimum atomic E-state index is -0.337. The van der Waals surface area contributed by atoms with Gasteiger partial charge in [-0.05, 0) is 17.7 Å². The van der Waals surface area contributed by atoms with Crippen LogP contribution in [0.15, 0.2) is 34.8 Å². The monoisotopic (exact) mass is 253 g/mol. The van der Waals surface area contributed by atoms with Gasteiger partial charge in [0.2, 0.25) is 6.20 Å². The molecule has 0 spiro atoms. The van der Waals surface area contributed by atoms with E-state index in [2.05, 4.69) is 10.6 Å². The molecule has 1 aliphatic heterocycles. The zero-order valence-corrected chi connectivity index (χ0v) is 10.0. The van der Waals surface area contributed by atoms with Crippen molar-refractivity contribution in [2.45, 2.75) is 25.6 Å². The Hall–Kier alpha value is -1.73. The van der Waals surface area contributed by atoms with E-state index >= 15 is 0 Å². The number of aromatic nitrogens is 1. The van der Waals surface area contributed by atoms with Gasteiger partial charge in [-0.1, -0.05) is 0 Å². The standard InChI is InChI=1S/C11H17N4O3/c16-15(17)10-4-6-13-11(10)12-5-1-2-7-14-8-3-9-18-14/h3-4,8-9,11-13H,1-2,5-7H2/q+1. The highest BCUT2D eigenvalue weighted by Gasteiger charge is 2.27. The molecule has 0 saturated heterocycles. The Morgan fingerprint density at radius 3 is 3.22 bits per heavy atom. The number of hydrogen-bond acceptors (Lipinski definition) is 5. The fraction of sp³-hybridized carbons (Fsp3) is 0.545. The number of nitrogens with one attached hydrogen (secondary N) is 2. The molecule has 1 atom stereocenters. The van der Waals surface area contributed by atoms with E-state index in [1.165, 1.54) is 0 Å². The third-order valence-corrected chi connectivity index (χ3v) is 2.82. The van der Waals surface area contributed by atoms with Crippen LogP contribution in [0.4, 0.5) is 0 Å². The fourth-order valence-corrected chi connectivity index (χ4v) is 1.91. The lowest BCUT2D eigenvalue weighted by Gasteiger charge is -2.11. The van der Waals surface area contributed by atoms with Gasteiger partial charge in [0.15, 0.2) is 19.0 Å². The van der Waals surface area contributed by atoms with Gasteiger partial charge in [-0.25, -0.2) is 4.52 Å². The number of aryl methyl sites for hydroxylation is 1. The summed E-state index contributed by atoms with van der Waals surface area (Å²) in [4.78, 5) is 10.4. The molecule has 98 valence electrons. The van der Waals surface area contributed by atoms with Crippen molar-refractivity contribution in [1.29, 1.82) is 0 Å². The summed E-state index contributed by atoms with van der Waals surface area (Å²) in [6.45, 7) is 2.12. The molecule has 0 amide bonds.